The molecule has 2 aliphatic heterocycles. The van der Waals surface area contributed by atoms with Gasteiger partial charge in [-0.15, -0.1) is 0 Å². The van der Waals surface area contributed by atoms with Crippen molar-refractivity contribution in [2.24, 2.45) is 0 Å². The molecule has 6 rings (SSSR count). The van der Waals surface area contributed by atoms with E-state index in [1.807, 2.05) is 9.80 Å². The summed E-state index contributed by atoms with van der Waals surface area (Å²) in [5.74, 6) is -1.11. The van der Waals surface area contributed by atoms with E-state index in [4.69, 9.17) is 0 Å². The molecule has 39 heavy (non-hydrogen) atoms. The molecule has 1 amide bonds. The Kier molecular flexibility index (Phi) is 6.63. The Labute approximate surface area is 224 Å². The number of carboxylic acids is 1. The van der Waals surface area contributed by atoms with Gasteiger partial charge in [-0.25, -0.2) is 19.2 Å². The van der Waals surface area contributed by atoms with E-state index in [0.717, 1.165) is 45.1 Å². The summed E-state index contributed by atoms with van der Waals surface area (Å²) in [7, 11) is 0. The first kappa shape index (κ1) is 25.2. The predicted octanol–water partition coefficient (Wildman–Crippen LogP) is 1.43. The normalized spacial score (nSPS) is 18.5. The van der Waals surface area contributed by atoms with Gasteiger partial charge >= 0.3 is 5.97 Å². The third kappa shape index (κ3) is 5.03. The number of anilines is 2. The highest BCUT2D eigenvalue weighted by Gasteiger charge is 2.30. The molecule has 0 bridgehead atoms. The van der Waals surface area contributed by atoms with E-state index in [9.17, 15) is 19.5 Å². The van der Waals surface area contributed by atoms with E-state index in [2.05, 4.69) is 19.8 Å². The number of piperazine rings is 2. The first-order valence-electron chi connectivity index (χ1n) is 13.3. The fraction of sp³-hybridized carbons (Fsp3) is 0.444. The van der Waals surface area contributed by atoms with Crippen molar-refractivity contribution in [1.29, 1.82) is 0 Å². The third-order valence-corrected chi connectivity index (χ3v) is 7.81. The lowest BCUT2D eigenvalue weighted by atomic mass is 10.1. The smallest absolute Gasteiger partial charge is 0.341 e. The van der Waals surface area contributed by atoms with Crippen LogP contribution in [-0.4, -0.2) is 100 Å². The van der Waals surface area contributed by atoms with Crippen molar-refractivity contribution in [1.82, 2.24) is 24.3 Å². The number of amides is 1. The summed E-state index contributed by atoms with van der Waals surface area (Å²) in [6, 6.07) is 4.72. The number of halogens is 1. The number of rotatable bonds is 6. The molecule has 11 nitrogen and oxygen atoms in total. The molecular formula is C27H30FN7O4. The summed E-state index contributed by atoms with van der Waals surface area (Å²) < 4.78 is 17.0. The topological polar surface area (TPSA) is 115 Å². The Bertz CT molecular complexity index is 1460. The zero-order valence-corrected chi connectivity index (χ0v) is 21.5. The van der Waals surface area contributed by atoms with Crippen LogP contribution in [0, 0.1) is 5.82 Å². The molecule has 2 saturated heterocycles. The van der Waals surface area contributed by atoms with Crippen LogP contribution < -0.4 is 15.2 Å². The minimum absolute atomic E-state index is 0.0572. The van der Waals surface area contributed by atoms with Crippen molar-refractivity contribution >= 4 is 34.4 Å². The van der Waals surface area contributed by atoms with Gasteiger partial charge in [0.1, 0.15) is 11.4 Å². The highest BCUT2D eigenvalue weighted by molar-refractivity contribution is 5.93. The van der Waals surface area contributed by atoms with Crippen LogP contribution in [0.1, 0.15) is 29.2 Å². The molecular weight excluding hydrogens is 505 g/mol. The molecule has 0 unspecified atom stereocenters. The van der Waals surface area contributed by atoms with E-state index in [0.29, 0.717) is 49.9 Å². The second kappa shape index (κ2) is 10.3. The molecule has 204 valence electrons. The van der Waals surface area contributed by atoms with Gasteiger partial charge in [0.05, 0.1) is 17.7 Å². The van der Waals surface area contributed by atoms with Crippen LogP contribution in [0.4, 0.5) is 16.0 Å². The first-order chi connectivity index (χ1) is 18.9. The lowest BCUT2D eigenvalue weighted by Crippen LogP contribution is -2.54. The van der Waals surface area contributed by atoms with Gasteiger partial charge in [-0.3, -0.25) is 14.5 Å². The number of nitrogens with zero attached hydrogens (tertiary/aromatic N) is 7. The number of pyridine rings is 1. The standard InChI is InChI=1S/C27H30FN7O4/c28-21-14-19-22(35(18-2-3-18)16-20(25(19)37)26(38)39)15-23(21)32-10-12-33(13-11-32)24(36)17-31-6-8-34(9-7-31)27-29-4-1-5-30-27/h1,4-5,14-16,18H,2-3,6-13,17H2,(H,38,39). The molecule has 2 aromatic heterocycles. The number of hydrogen-bond donors (Lipinski definition) is 1. The van der Waals surface area contributed by atoms with Gasteiger partial charge in [0.2, 0.25) is 17.3 Å². The molecule has 0 spiro atoms. The average Bonchev–Trinajstić information content (AvgIpc) is 3.80. The van der Waals surface area contributed by atoms with Crippen molar-refractivity contribution in [3.05, 3.63) is 58.4 Å². The highest BCUT2D eigenvalue weighted by atomic mass is 19.1. The number of aromatic carboxylic acids is 1. The third-order valence-electron chi connectivity index (χ3n) is 7.81. The molecule has 3 fully saturated rings. The zero-order chi connectivity index (χ0) is 27.1. The molecule has 1 saturated carbocycles. The van der Waals surface area contributed by atoms with Crippen LogP contribution in [0.3, 0.4) is 0 Å². The molecule has 3 aliphatic rings. The van der Waals surface area contributed by atoms with Crippen LogP contribution in [0.15, 0.2) is 41.6 Å². The fourth-order valence-corrected chi connectivity index (χ4v) is 5.46. The van der Waals surface area contributed by atoms with E-state index in [1.165, 1.54) is 6.20 Å². The van der Waals surface area contributed by atoms with Crippen LogP contribution in [-0.2, 0) is 4.79 Å². The number of benzene rings is 1. The van der Waals surface area contributed by atoms with Crippen molar-refractivity contribution in [3.63, 3.8) is 0 Å². The van der Waals surface area contributed by atoms with Crippen molar-refractivity contribution in [2.75, 3.05) is 68.7 Å². The maximum absolute atomic E-state index is 15.2. The van der Waals surface area contributed by atoms with E-state index < -0.39 is 17.2 Å². The van der Waals surface area contributed by atoms with Crippen LogP contribution >= 0.6 is 0 Å². The van der Waals surface area contributed by atoms with Crippen molar-refractivity contribution in [3.8, 4) is 0 Å². The minimum atomic E-state index is -1.31. The highest BCUT2D eigenvalue weighted by Crippen LogP contribution is 2.38. The summed E-state index contributed by atoms with van der Waals surface area (Å²) in [4.78, 5) is 53.9. The largest absolute Gasteiger partial charge is 0.477 e. The first-order valence-corrected chi connectivity index (χ1v) is 13.3. The Hall–Kier alpha value is -4.06. The molecule has 1 aliphatic carbocycles. The molecule has 0 atom stereocenters. The Balaban J connectivity index is 1.10. The number of carbonyl (C=O) groups excluding carboxylic acids is 1. The minimum Gasteiger partial charge on any atom is -0.477 e. The number of aromatic nitrogens is 3. The second-order valence-corrected chi connectivity index (χ2v) is 10.3. The molecule has 0 radical (unpaired) electrons. The van der Waals surface area contributed by atoms with Crippen LogP contribution in [0.5, 0.6) is 0 Å². The maximum Gasteiger partial charge on any atom is 0.341 e. The van der Waals surface area contributed by atoms with Gasteiger partial charge in [0.15, 0.2) is 0 Å². The quantitative estimate of drug-likeness (QED) is 0.501. The van der Waals surface area contributed by atoms with Gasteiger partial charge in [-0.1, -0.05) is 0 Å². The molecule has 1 aromatic carbocycles. The number of hydrogen-bond acceptors (Lipinski definition) is 8. The summed E-state index contributed by atoms with van der Waals surface area (Å²) in [6.45, 7) is 5.23. The maximum atomic E-state index is 15.2. The lowest BCUT2D eigenvalue weighted by Gasteiger charge is -2.38. The van der Waals surface area contributed by atoms with Gasteiger partial charge in [0.25, 0.3) is 0 Å². The summed E-state index contributed by atoms with van der Waals surface area (Å²) >= 11 is 0. The Morgan fingerprint density at radius 1 is 0.949 bits per heavy atom. The zero-order valence-electron chi connectivity index (χ0n) is 21.5. The Morgan fingerprint density at radius 2 is 1.62 bits per heavy atom. The Morgan fingerprint density at radius 3 is 2.26 bits per heavy atom. The van der Waals surface area contributed by atoms with Crippen molar-refractivity contribution < 1.29 is 19.1 Å². The van der Waals surface area contributed by atoms with E-state index in [1.54, 1.807) is 29.1 Å². The molecule has 1 N–H and O–H groups in total. The fourth-order valence-electron chi connectivity index (χ4n) is 5.46. The van der Waals surface area contributed by atoms with Gasteiger partial charge < -0.3 is 24.4 Å². The van der Waals surface area contributed by atoms with Crippen molar-refractivity contribution in [2.45, 2.75) is 18.9 Å². The number of fused-ring (bicyclic) bond motifs is 1. The lowest BCUT2D eigenvalue weighted by molar-refractivity contribution is -0.132. The number of carbonyl (C=O) groups is 2. The molecule has 12 heteroatoms. The summed E-state index contributed by atoms with van der Waals surface area (Å²) in [5, 5.41) is 9.53. The van der Waals surface area contributed by atoms with E-state index in [-0.39, 0.29) is 22.9 Å². The second-order valence-electron chi connectivity index (χ2n) is 10.3. The van der Waals surface area contributed by atoms with Crippen LogP contribution in [0.2, 0.25) is 0 Å². The van der Waals surface area contributed by atoms with Gasteiger partial charge in [-0.05, 0) is 31.0 Å². The summed E-state index contributed by atoms with van der Waals surface area (Å²) in [5.41, 5.74) is -0.107. The van der Waals surface area contributed by atoms with Gasteiger partial charge in [0, 0.05) is 82.4 Å². The summed E-state index contributed by atoms with van der Waals surface area (Å²) in [6.07, 6.45) is 6.61. The molecule has 3 aromatic rings. The SMILES string of the molecule is O=C(O)c1cn(C2CC2)c2cc(N3CCN(C(=O)CN4CCN(c5ncccn5)CC4)CC3)c(F)cc2c1=O. The average molecular weight is 536 g/mol. The predicted molar refractivity (Wildman–Crippen MR) is 143 cm³/mol. The van der Waals surface area contributed by atoms with Gasteiger partial charge in [-0.2, -0.15) is 0 Å². The number of carboxylic acid groups (broad SMARTS) is 1. The monoisotopic (exact) mass is 535 g/mol. The molecule has 4 heterocycles. The van der Waals surface area contributed by atoms with E-state index >= 15 is 4.39 Å². The van der Waals surface area contributed by atoms with Crippen LogP contribution in [0.25, 0.3) is 10.9 Å².